The summed E-state index contributed by atoms with van der Waals surface area (Å²) in [6.07, 6.45) is 8.54. The van der Waals surface area contributed by atoms with E-state index in [1.54, 1.807) is 4.68 Å². The van der Waals surface area contributed by atoms with Gasteiger partial charge in [0.1, 0.15) is 0 Å². The molecule has 21 heavy (non-hydrogen) atoms. The van der Waals surface area contributed by atoms with Gasteiger partial charge in [0.25, 0.3) is 0 Å². The number of nitrogens with zero attached hydrogens (tertiary/aromatic N) is 3. The molecule has 116 valence electrons. The highest BCUT2D eigenvalue weighted by Crippen LogP contribution is 2.36. The minimum atomic E-state index is 0.0491. The molecule has 2 heterocycles. The third-order valence-corrected chi connectivity index (χ3v) is 5.50. The summed E-state index contributed by atoms with van der Waals surface area (Å²) in [7, 11) is 1.88. The van der Waals surface area contributed by atoms with Crippen LogP contribution in [-0.2, 0) is 13.6 Å². The Labute approximate surface area is 134 Å². The number of hydrogen-bond donors (Lipinski definition) is 1. The fourth-order valence-corrected chi connectivity index (χ4v) is 4.20. The van der Waals surface area contributed by atoms with Gasteiger partial charge in [0.15, 0.2) is 0 Å². The van der Waals surface area contributed by atoms with Crippen LogP contribution in [0.4, 0.5) is 4.79 Å². The molecular formula is C15H23BrN4O. The van der Waals surface area contributed by atoms with Crippen molar-refractivity contribution in [3.63, 3.8) is 0 Å². The molecule has 6 heteroatoms. The fourth-order valence-electron chi connectivity index (χ4n) is 3.68. The van der Waals surface area contributed by atoms with Gasteiger partial charge in [-0.2, -0.15) is 5.10 Å². The van der Waals surface area contributed by atoms with Crippen LogP contribution in [-0.4, -0.2) is 33.8 Å². The molecule has 0 aromatic carbocycles. The summed E-state index contributed by atoms with van der Waals surface area (Å²) in [5.74, 6) is 1.58. The maximum Gasteiger partial charge on any atom is 0.317 e. The minimum Gasteiger partial charge on any atom is -0.332 e. The van der Waals surface area contributed by atoms with E-state index in [4.69, 9.17) is 0 Å². The standard InChI is InChI=1S/C15H23BrN4O/c1-19-10-13(16)14(18-19)8-17-15(21)20-7-6-12(9-20)11-4-2-3-5-11/h10-12H,2-9H2,1H3,(H,17,21). The van der Waals surface area contributed by atoms with Crippen molar-refractivity contribution in [2.45, 2.75) is 38.6 Å². The van der Waals surface area contributed by atoms with Gasteiger partial charge >= 0.3 is 6.03 Å². The van der Waals surface area contributed by atoms with Crippen LogP contribution >= 0.6 is 15.9 Å². The summed E-state index contributed by atoms with van der Waals surface area (Å²) >= 11 is 3.46. The topological polar surface area (TPSA) is 50.2 Å². The minimum absolute atomic E-state index is 0.0491. The number of hydrogen-bond acceptors (Lipinski definition) is 2. The zero-order chi connectivity index (χ0) is 14.8. The highest BCUT2D eigenvalue weighted by atomic mass is 79.9. The highest BCUT2D eigenvalue weighted by Gasteiger charge is 2.33. The summed E-state index contributed by atoms with van der Waals surface area (Å²) in [5.41, 5.74) is 0.873. The number of aromatic nitrogens is 2. The van der Waals surface area contributed by atoms with Gasteiger partial charge in [-0.05, 0) is 34.2 Å². The molecule has 1 unspecified atom stereocenters. The van der Waals surface area contributed by atoms with Crippen LogP contribution in [0.25, 0.3) is 0 Å². The molecule has 1 atom stereocenters. The average Bonchev–Trinajstić information content (AvgIpc) is 3.16. The van der Waals surface area contributed by atoms with Gasteiger partial charge in [0, 0.05) is 26.3 Å². The molecule has 2 fully saturated rings. The second-order valence-corrected chi connectivity index (χ2v) is 7.15. The Balaban J connectivity index is 1.48. The molecule has 0 spiro atoms. The Bertz CT molecular complexity index is 510. The van der Waals surface area contributed by atoms with E-state index < -0.39 is 0 Å². The smallest absolute Gasteiger partial charge is 0.317 e. The fraction of sp³-hybridized carbons (Fsp3) is 0.733. The molecule has 1 aromatic rings. The predicted octanol–water partition coefficient (Wildman–Crippen LogP) is 2.90. The molecule has 1 aromatic heterocycles. The van der Waals surface area contributed by atoms with Crippen molar-refractivity contribution in [2.24, 2.45) is 18.9 Å². The van der Waals surface area contributed by atoms with Gasteiger partial charge < -0.3 is 10.2 Å². The van der Waals surface area contributed by atoms with Crippen LogP contribution < -0.4 is 5.32 Å². The summed E-state index contributed by atoms with van der Waals surface area (Å²) in [6, 6.07) is 0.0491. The number of rotatable bonds is 3. The lowest BCUT2D eigenvalue weighted by Gasteiger charge is -2.20. The number of amides is 2. The van der Waals surface area contributed by atoms with E-state index in [0.29, 0.717) is 6.54 Å². The summed E-state index contributed by atoms with van der Waals surface area (Å²) in [4.78, 5) is 14.2. The third kappa shape index (κ3) is 3.42. The average molecular weight is 355 g/mol. The number of aryl methyl sites for hydroxylation is 1. The number of carbonyl (C=O) groups excluding carboxylic acids is 1. The maximum absolute atomic E-state index is 12.3. The monoisotopic (exact) mass is 354 g/mol. The Hall–Kier alpha value is -1.04. The van der Waals surface area contributed by atoms with Crippen molar-refractivity contribution in [3.05, 3.63) is 16.4 Å². The first-order valence-corrected chi connectivity index (χ1v) is 8.63. The molecule has 1 saturated carbocycles. The molecule has 2 amide bonds. The van der Waals surface area contributed by atoms with Crippen molar-refractivity contribution in [2.75, 3.05) is 13.1 Å². The Morgan fingerprint density at radius 3 is 2.81 bits per heavy atom. The normalized spacial score (nSPS) is 23.0. The molecule has 0 radical (unpaired) electrons. The molecule has 0 bridgehead atoms. The van der Waals surface area contributed by atoms with E-state index in [-0.39, 0.29) is 6.03 Å². The van der Waals surface area contributed by atoms with E-state index >= 15 is 0 Å². The number of nitrogens with one attached hydrogen (secondary N) is 1. The molecule has 1 saturated heterocycles. The molecule has 5 nitrogen and oxygen atoms in total. The van der Waals surface area contributed by atoms with Gasteiger partial charge in [0.2, 0.25) is 0 Å². The number of urea groups is 1. The Morgan fingerprint density at radius 2 is 2.14 bits per heavy atom. The molecule has 3 rings (SSSR count). The van der Waals surface area contributed by atoms with Crippen LogP contribution in [0.1, 0.15) is 37.8 Å². The first-order chi connectivity index (χ1) is 10.1. The van der Waals surface area contributed by atoms with Crippen molar-refractivity contribution < 1.29 is 4.79 Å². The van der Waals surface area contributed by atoms with Crippen molar-refractivity contribution >= 4 is 22.0 Å². The number of likely N-dealkylation sites (tertiary alicyclic amines) is 1. The summed E-state index contributed by atoms with van der Waals surface area (Å²) in [6.45, 7) is 2.31. The van der Waals surface area contributed by atoms with Gasteiger partial charge in [-0.25, -0.2) is 4.79 Å². The molecular weight excluding hydrogens is 332 g/mol. The second-order valence-electron chi connectivity index (χ2n) is 6.30. The maximum atomic E-state index is 12.3. The lowest BCUT2D eigenvalue weighted by Crippen LogP contribution is -2.38. The third-order valence-electron chi connectivity index (χ3n) is 4.84. The zero-order valence-corrected chi connectivity index (χ0v) is 14.1. The SMILES string of the molecule is Cn1cc(Br)c(CNC(=O)N2CCC(C3CCCC3)C2)n1. The Kier molecular flexibility index (Phi) is 4.52. The first-order valence-electron chi connectivity index (χ1n) is 7.84. The lowest BCUT2D eigenvalue weighted by molar-refractivity contribution is 0.204. The van der Waals surface area contributed by atoms with E-state index in [9.17, 15) is 4.79 Å². The van der Waals surface area contributed by atoms with E-state index in [1.165, 1.54) is 32.1 Å². The van der Waals surface area contributed by atoms with Crippen molar-refractivity contribution in [3.8, 4) is 0 Å². The van der Waals surface area contributed by atoms with Crippen molar-refractivity contribution in [1.82, 2.24) is 20.0 Å². The largest absolute Gasteiger partial charge is 0.332 e. The van der Waals surface area contributed by atoms with Crippen molar-refractivity contribution in [1.29, 1.82) is 0 Å². The molecule has 1 aliphatic carbocycles. The van der Waals surface area contributed by atoms with Crippen LogP contribution in [0, 0.1) is 11.8 Å². The number of carbonyl (C=O) groups is 1. The van der Waals surface area contributed by atoms with Gasteiger partial charge in [-0.3, -0.25) is 4.68 Å². The molecule has 2 aliphatic rings. The zero-order valence-electron chi connectivity index (χ0n) is 12.5. The summed E-state index contributed by atoms with van der Waals surface area (Å²) in [5, 5.41) is 7.31. The van der Waals surface area contributed by atoms with E-state index in [1.807, 2.05) is 18.1 Å². The molecule has 1 aliphatic heterocycles. The lowest BCUT2D eigenvalue weighted by atomic mass is 9.90. The quantitative estimate of drug-likeness (QED) is 0.907. The van der Waals surface area contributed by atoms with Gasteiger partial charge in [0.05, 0.1) is 16.7 Å². The molecule has 1 N–H and O–H groups in total. The number of halogens is 1. The summed E-state index contributed by atoms with van der Waals surface area (Å²) < 4.78 is 2.69. The Morgan fingerprint density at radius 1 is 1.38 bits per heavy atom. The van der Waals surface area contributed by atoms with Crippen LogP contribution in [0.15, 0.2) is 10.7 Å². The van der Waals surface area contributed by atoms with Crippen LogP contribution in [0.2, 0.25) is 0 Å². The highest BCUT2D eigenvalue weighted by molar-refractivity contribution is 9.10. The van der Waals surface area contributed by atoms with Crippen LogP contribution in [0.3, 0.4) is 0 Å². The first kappa shape index (κ1) is 14.9. The van der Waals surface area contributed by atoms with Gasteiger partial charge in [-0.15, -0.1) is 0 Å². The van der Waals surface area contributed by atoms with Crippen LogP contribution in [0.5, 0.6) is 0 Å². The van der Waals surface area contributed by atoms with E-state index in [2.05, 4.69) is 26.3 Å². The second kappa shape index (κ2) is 6.38. The van der Waals surface area contributed by atoms with Gasteiger partial charge in [-0.1, -0.05) is 25.7 Å². The predicted molar refractivity (Wildman–Crippen MR) is 84.8 cm³/mol. The van der Waals surface area contributed by atoms with E-state index in [0.717, 1.165) is 35.1 Å².